The highest BCUT2D eigenvalue weighted by Gasteiger charge is 2.22. The van der Waals surface area contributed by atoms with Gasteiger partial charge in [0, 0.05) is 0 Å². The van der Waals surface area contributed by atoms with Crippen molar-refractivity contribution in [1.82, 2.24) is 5.32 Å². The van der Waals surface area contributed by atoms with Gasteiger partial charge in [-0.2, -0.15) is 0 Å². The molecule has 12 heavy (non-hydrogen) atoms. The first-order valence-electron chi connectivity index (χ1n) is 5.41. The summed E-state index contributed by atoms with van der Waals surface area (Å²) in [7, 11) is 0. The van der Waals surface area contributed by atoms with E-state index in [1.165, 1.54) is 32.4 Å². The summed E-state index contributed by atoms with van der Waals surface area (Å²) in [4.78, 5) is 0. The molecule has 2 atom stereocenters. The normalized spacial score (nSPS) is 30.0. The molecule has 0 aromatic heterocycles. The summed E-state index contributed by atoms with van der Waals surface area (Å²) in [5.74, 6) is 2.72. The van der Waals surface area contributed by atoms with Crippen molar-refractivity contribution in [3.8, 4) is 0 Å². The third-order valence-corrected chi connectivity index (χ3v) is 3.00. The van der Waals surface area contributed by atoms with Gasteiger partial charge in [-0.05, 0) is 37.3 Å². The van der Waals surface area contributed by atoms with Gasteiger partial charge in [-0.3, -0.25) is 0 Å². The molecule has 0 aliphatic heterocycles. The van der Waals surface area contributed by atoms with Crippen molar-refractivity contribution in [2.45, 2.75) is 40.0 Å². The molecule has 1 aliphatic carbocycles. The summed E-state index contributed by atoms with van der Waals surface area (Å²) in [5.41, 5.74) is 0. The molecule has 1 aliphatic rings. The minimum absolute atomic E-state index is 0.793. The Hall–Kier alpha value is -0.0400. The number of hydrogen-bond donors (Lipinski definition) is 1. The first-order valence-corrected chi connectivity index (χ1v) is 5.41. The lowest BCUT2D eigenvalue weighted by Crippen LogP contribution is -2.27. The Bertz CT molecular complexity index is 120. The predicted octanol–water partition coefficient (Wildman–Crippen LogP) is 2.67. The molecule has 0 bridgehead atoms. The van der Waals surface area contributed by atoms with Crippen molar-refractivity contribution in [3.05, 3.63) is 0 Å². The highest BCUT2D eigenvalue weighted by molar-refractivity contribution is 4.75. The van der Waals surface area contributed by atoms with Crippen LogP contribution in [0.2, 0.25) is 0 Å². The average Bonchev–Trinajstić information content (AvgIpc) is 2.36. The van der Waals surface area contributed by atoms with Crippen LogP contribution in [-0.2, 0) is 0 Å². The van der Waals surface area contributed by atoms with Gasteiger partial charge in [-0.25, -0.2) is 0 Å². The molecule has 0 aromatic rings. The monoisotopic (exact) mass is 169 g/mol. The summed E-state index contributed by atoms with van der Waals surface area (Å²) >= 11 is 0. The second-order valence-corrected chi connectivity index (χ2v) is 4.72. The molecule has 1 saturated carbocycles. The zero-order valence-corrected chi connectivity index (χ0v) is 8.77. The van der Waals surface area contributed by atoms with Crippen LogP contribution in [0.15, 0.2) is 0 Å². The van der Waals surface area contributed by atoms with E-state index < -0.39 is 0 Å². The molecule has 0 amide bonds. The van der Waals surface area contributed by atoms with Crippen molar-refractivity contribution in [2.24, 2.45) is 17.8 Å². The Morgan fingerprint density at radius 3 is 2.58 bits per heavy atom. The van der Waals surface area contributed by atoms with Crippen molar-refractivity contribution in [2.75, 3.05) is 13.1 Å². The van der Waals surface area contributed by atoms with E-state index in [1.54, 1.807) is 0 Å². The molecule has 0 aromatic carbocycles. The molecule has 1 fully saturated rings. The van der Waals surface area contributed by atoms with Gasteiger partial charge in [0.2, 0.25) is 0 Å². The molecular formula is C11H23N. The fourth-order valence-corrected chi connectivity index (χ4v) is 2.08. The lowest BCUT2D eigenvalue weighted by Gasteiger charge is -2.16. The van der Waals surface area contributed by atoms with E-state index in [0.717, 1.165) is 17.8 Å². The molecule has 72 valence electrons. The van der Waals surface area contributed by atoms with Crippen LogP contribution < -0.4 is 5.32 Å². The van der Waals surface area contributed by atoms with Gasteiger partial charge >= 0.3 is 0 Å². The maximum Gasteiger partial charge on any atom is -0.00179 e. The standard InChI is InChI=1S/C11H23N/c1-9(2)7-12-8-11-6-4-5-10(11)3/h9-12H,4-8H2,1-3H3. The lowest BCUT2D eigenvalue weighted by atomic mass is 9.98. The van der Waals surface area contributed by atoms with E-state index in [0.29, 0.717) is 0 Å². The molecule has 0 radical (unpaired) electrons. The smallest absolute Gasteiger partial charge is 0.00179 e. The van der Waals surface area contributed by atoms with Gasteiger partial charge in [0.15, 0.2) is 0 Å². The summed E-state index contributed by atoms with van der Waals surface area (Å²) in [6, 6.07) is 0. The Kier molecular flexibility index (Phi) is 4.07. The van der Waals surface area contributed by atoms with Crippen LogP contribution in [0.5, 0.6) is 0 Å². The molecule has 0 spiro atoms. The average molecular weight is 169 g/mol. The topological polar surface area (TPSA) is 12.0 Å². The summed E-state index contributed by atoms with van der Waals surface area (Å²) < 4.78 is 0. The zero-order chi connectivity index (χ0) is 8.97. The number of nitrogens with one attached hydrogen (secondary N) is 1. The molecule has 2 unspecified atom stereocenters. The molecule has 1 heteroatoms. The molecular weight excluding hydrogens is 146 g/mol. The van der Waals surface area contributed by atoms with Crippen LogP contribution >= 0.6 is 0 Å². The van der Waals surface area contributed by atoms with Gasteiger partial charge in [0.05, 0.1) is 0 Å². The lowest BCUT2D eigenvalue weighted by molar-refractivity contribution is 0.382. The van der Waals surface area contributed by atoms with Crippen LogP contribution in [-0.4, -0.2) is 13.1 Å². The van der Waals surface area contributed by atoms with E-state index in [2.05, 4.69) is 26.1 Å². The van der Waals surface area contributed by atoms with E-state index in [-0.39, 0.29) is 0 Å². The van der Waals surface area contributed by atoms with E-state index in [4.69, 9.17) is 0 Å². The van der Waals surface area contributed by atoms with Gasteiger partial charge in [0.1, 0.15) is 0 Å². The quantitative estimate of drug-likeness (QED) is 0.682. The third kappa shape index (κ3) is 3.14. The van der Waals surface area contributed by atoms with Crippen molar-refractivity contribution in [3.63, 3.8) is 0 Å². The summed E-state index contributed by atoms with van der Waals surface area (Å²) in [5, 5.41) is 3.56. The molecule has 0 saturated heterocycles. The maximum atomic E-state index is 3.56. The van der Waals surface area contributed by atoms with Crippen molar-refractivity contribution < 1.29 is 0 Å². The number of hydrogen-bond acceptors (Lipinski definition) is 1. The van der Waals surface area contributed by atoms with Gasteiger partial charge in [0.25, 0.3) is 0 Å². The summed E-state index contributed by atoms with van der Waals surface area (Å²) in [6.07, 6.45) is 4.36. The fraction of sp³-hybridized carbons (Fsp3) is 1.00. The van der Waals surface area contributed by atoms with E-state index >= 15 is 0 Å². The highest BCUT2D eigenvalue weighted by Crippen LogP contribution is 2.30. The first-order chi connectivity index (χ1) is 5.70. The van der Waals surface area contributed by atoms with Crippen LogP contribution in [0.4, 0.5) is 0 Å². The predicted molar refractivity (Wildman–Crippen MR) is 54.2 cm³/mol. The van der Waals surface area contributed by atoms with Crippen LogP contribution in [0, 0.1) is 17.8 Å². The van der Waals surface area contributed by atoms with Gasteiger partial charge < -0.3 is 5.32 Å². The second-order valence-electron chi connectivity index (χ2n) is 4.72. The van der Waals surface area contributed by atoms with E-state index in [1.807, 2.05) is 0 Å². The Balaban J connectivity index is 2.06. The Morgan fingerprint density at radius 2 is 2.08 bits per heavy atom. The minimum atomic E-state index is 0.793. The van der Waals surface area contributed by atoms with Crippen LogP contribution in [0.1, 0.15) is 40.0 Å². The highest BCUT2D eigenvalue weighted by atomic mass is 14.9. The Morgan fingerprint density at radius 1 is 1.33 bits per heavy atom. The molecule has 1 N–H and O–H groups in total. The SMILES string of the molecule is CC(C)CNCC1CCCC1C. The third-order valence-electron chi connectivity index (χ3n) is 3.00. The molecule has 0 heterocycles. The van der Waals surface area contributed by atoms with Crippen LogP contribution in [0.25, 0.3) is 0 Å². The van der Waals surface area contributed by atoms with Crippen LogP contribution in [0.3, 0.4) is 0 Å². The van der Waals surface area contributed by atoms with Gasteiger partial charge in [-0.15, -0.1) is 0 Å². The zero-order valence-electron chi connectivity index (χ0n) is 8.77. The largest absolute Gasteiger partial charge is 0.316 e. The fourth-order valence-electron chi connectivity index (χ4n) is 2.08. The van der Waals surface area contributed by atoms with Gasteiger partial charge in [-0.1, -0.05) is 33.6 Å². The molecule has 1 nitrogen and oxygen atoms in total. The first kappa shape index (κ1) is 10.0. The van der Waals surface area contributed by atoms with Crippen molar-refractivity contribution in [1.29, 1.82) is 0 Å². The number of rotatable bonds is 4. The van der Waals surface area contributed by atoms with E-state index in [9.17, 15) is 0 Å². The summed E-state index contributed by atoms with van der Waals surface area (Å²) in [6.45, 7) is 9.37. The Labute approximate surface area is 76.9 Å². The van der Waals surface area contributed by atoms with Crippen molar-refractivity contribution >= 4 is 0 Å². The molecule has 1 rings (SSSR count). The minimum Gasteiger partial charge on any atom is -0.316 e. The maximum absolute atomic E-state index is 3.56. The second kappa shape index (κ2) is 4.86.